The van der Waals surface area contributed by atoms with Crippen LogP contribution in [-0.2, 0) is 32.0 Å². The quantitative estimate of drug-likeness (QED) is 0.150. The first-order chi connectivity index (χ1) is 30.4. The summed E-state index contributed by atoms with van der Waals surface area (Å²) in [7, 11) is 1.70. The van der Waals surface area contributed by atoms with Crippen molar-refractivity contribution >= 4 is 57.7 Å². The molecule has 0 spiro atoms. The topological polar surface area (TPSA) is 186 Å². The van der Waals surface area contributed by atoms with Crippen LogP contribution in [0.3, 0.4) is 0 Å². The van der Waals surface area contributed by atoms with E-state index in [4.69, 9.17) is 9.47 Å². The summed E-state index contributed by atoms with van der Waals surface area (Å²) in [6.07, 6.45) is 7.27. The van der Waals surface area contributed by atoms with Crippen LogP contribution < -0.4 is 30.3 Å². The zero-order valence-corrected chi connectivity index (χ0v) is 34.4. The van der Waals surface area contributed by atoms with Crippen molar-refractivity contribution in [1.82, 2.24) is 29.2 Å². The van der Waals surface area contributed by atoms with Gasteiger partial charge in [-0.3, -0.25) is 19.2 Å². The minimum absolute atomic E-state index is 0.00270. The normalized spacial score (nSPS) is 13.7. The molecular formula is C47H40N10O6. The van der Waals surface area contributed by atoms with Crippen molar-refractivity contribution in [1.29, 1.82) is 0 Å². The van der Waals surface area contributed by atoms with E-state index < -0.39 is 5.60 Å². The van der Waals surface area contributed by atoms with Crippen molar-refractivity contribution in [2.75, 3.05) is 34.5 Å². The zero-order chi connectivity index (χ0) is 43.7. The van der Waals surface area contributed by atoms with Gasteiger partial charge < -0.3 is 30.3 Å². The second kappa shape index (κ2) is 16.6. The molecule has 63 heavy (non-hydrogen) atoms. The van der Waals surface area contributed by atoms with Gasteiger partial charge in [0.25, 0.3) is 11.8 Å². The van der Waals surface area contributed by atoms with Gasteiger partial charge in [-0.25, -0.2) is 19.0 Å². The Morgan fingerprint density at radius 1 is 0.667 bits per heavy atom. The monoisotopic (exact) mass is 840 g/mol. The summed E-state index contributed by atoms with van der Waals surface area (Å²) in [5, 5.41) is 16.8. The summed E-state index contributed by atoms with van der Waals surface area (Å²) in [6, 6.07) is 34.1. The van der Waals surface area contributed by atoms with Gasteiger partial charge in [-0.1, -0.05) is 48.5 Å². The number of ether oxygens (including phenoxy) is 2. The van der Waals surface area contributed by atoms with Crippen molar-refractivity contribution in [2.24, 2.45) is 0 Å². The summed E-state index contributed by atoms with van der Waals surface area (Å²) in [4.78, 5) is 58.7. The standard InChI is InChI=1S/C24H21N5O3.C23H19N5O3/c1-24(2)23(31)28-19-8-7-18(13-20(19)32-24)27-22(30)11-15-3-5-16(6-4-15)17-9-10-29-21(12-17)25-14-26-29;1-27-19-7-6-18(12-20(19)31-13-23(27)30)26-22(29)10-15-2-4-16(5-3-15)17-8-9-28-21(11-17)24-14-25-28/h3-10,12-14H,11H2,1-2H3,(H,27,30)(H,28,31);2-9,11-12,14H,10,13H2,1H3,(H,26,29). The lowest BCUT2D eigenvalue weighted by Crippen LogP contribution is -2.45. The van der Waals surface area contributed by atoms with Crippen molar-refractivity contribution in [3.05, 3.63) is 145 Å². The van der Waals surface area contributed by atoms with Crippen LogP contribution in [0, 0.1) is 0 Å². The Labute approximate surface area is 360 Å². The number of nitrogens with one attached hydrogen (secondary N) is 3. The first-order valence-corrected chi connectivity index (χ1v) is 20.0. The number of rotatable bonds is 8. The van der Waals surface area contributed by atoms with Gasteiger partial charge in [0.15, 0.2) is 23.5 Å². The number of amides is 4. The van der Waals surface area contributed by atoms with E-state index in [0.717, 1.165) is 44.7 Å². The maximum atomic E-state index is 12.6. The third-order valence-corrected chi connectivity index (χ3v) is 10.6. The van der Waals surface area contributed by atoms with E-state index in [1.54, 1.807) is 71.2 Å². The predicted octanol–water partition coefficient (Wildman–Crippen LogP) is 6.62. The minimum Gasteiger partial charge on any atom is -0.481 e. The number of aromatic nitrogens is 6. The van der Waals surface area contributed by atoms with Crippen LogP contribution in [0.15, 0.2) is 134 Å². The SMILES string of the molecule is CC1(C)Oc2cc(NC(=O)Cc3ccc(-c4ccn5ncnc5c4)cc3)ccc2NC1=O.CN1C(=O)COc2cc(NC(=O)Cc3ccc(-c4ccn5ncnc5c4)cc3)ccc21. The van der Waals surface area contributed by atoms with Gasteiger partial charge in [-0.15, -0.1) is 0 Å². The van der Waals surface area contributed by atoms with Crippen LogP contribution in [-0.4, -0.2) is 72.1 Å². The molecule has 0 unspecified atom stereocenters. The van der Waals surface area contributed by atoms with Gasteiger partial charge in [-0.2, -0.15) is 10.2 Å². The van der Waals surface area contributed by atoms with E-state index in [1.165, 1.54) is 12.7 Å². The van der Waals surface area contributed by atoms with Gasteiger partial charge >= 0.3 is 0 Å². The average molecular weight is 841 g/mol. The molecule has 3 N–H and O–H groups in total. The summed E-state index contributed by atoms with van der Waals surface area (Å²) < 4.78 is 14.7. The van der Waals surface area contributed by atoms with Crippen LogP contribution in [0.4, 0.5) is 22.7 Å². The lowest BCUT2D eigenvalue weighted by atomic mass is 10.0. The summed E-state index contributed by atoms with van der Waals surface area (Å²) >= 11 is 0. The smallest absolute Gasteiger partial charge is 0.268 e. The molecule has 16 heteroatoms. The van der Waals surface area contributed by atoms with Crippen molar-refractivity contribution in [3.8, 4) is 33.8 Å². The van der Waals surface area contributed by atoms with E-state index in [2.05, 4.69) is 36.1 Å². The van der Waals surface area contributed by atoms with Crippen molar-refractivity contribution in [3.63, 3.8) is 0 Å². The van der Waals surface area contributed by atoms with E-state index in [9.17, 15) is 19.2 Å². The van der Waals surface area contributed by atoms with Gasteiger partial charge in [0.05, 0.1) is 24.2 Å². The number of carbonyl (C=O) groups excluding carboxylic acids is 4. The fourth-order valence-corrected chi connectivity index (χ4v) is 7.14. The van der Waals surface area contributed by atoms with Gasteiger partial charge in [0.2, 0.25) is 11.8 Å². The molecule has 0 radical (unpaired) electrons. The third-order valence-electron chi connectivity index (χ3n) is 10.6. The first kappa shape index (κ1) is 40.0. The second-order valence-electron chi connectivity index (χ2n) is 15.5. The summed E-state index contributed by atoms with van der Waals surface area (Å²) in [5.41, 5.74) is 9.08. The Morgan fingerprint density at radius 3 is 1.75 bits per heavy atom. The average Bonchev–Trinajstić information content (AvgIpc) is 3.96. The lowest BCUT2D eigenvalue weighted by Gasteiger charge is -2.31. The van der Waals surface area contributed by atoms with Gasteiger partial charge in [0.1, 0.15) is 24.2 Å². The van der Waals surface area contributed by atoms with Gasteiger partial charge in [-0.05, 0) is 95.8 Å². The highest BCUT2D eigenvalue weighted by Gasteiger charge is 2.35. The molecule has 0 bridgehead atoms. The van der Waals surface area contributed by atoms with E-state index >= 15 is 0 Å². The minimum atomic E-state index is -0.962. The predicted molar refractivity (Wildman–Crippen MR) is 237 cm³/mol. The summed E-state index contributed by atoms with van der Waals surface area (Å²) in [6.45, 7) is 3.39. The zero-order valence-electron chi connectivity index (χ0n) is 34.4. The van der Waals surface area contributed by atoms with Crippen LogP contribution in [0.1, 0.15) is 25.0 Å². The molecule has 0 fully saturated rings. The molecule has 16 nitrogen and oxygen atoms in total. The first-order valence-electron chi connectivity index (χ1n) is 20.0. The Bertz CT molecular complexity index is 3050. The number of likely N-dealkylation sites (N-methyl/N-ethyl adjacent to an activating group) is 1. The number of nitrogens with zero attached hydrogens (tertiary/aromatic N) is 7. The van der Waals surface area contributed by atoms with Crippen LogP contribution in [0.25, 0.3) is 33.5 Å². The fourth-order valence-electron chi connectivity index (χ4n) is 7.14. The van der Waals surface area contributed by atoms with E-state index in [0.29, 0.717) is 34.2 Å². The Morgan fingerprint density at radius 2 is 1.19 bits per heavy atom. The van der Waals surface area contributed by atoms with Crippen LogP contribution in [0.2, 0.25) is 0 Å². The summed E-state index contributed by atoms with van der Waals surface area (Å²) in [5.74, 6) is 0.538. The molecule has 4 amide bonds. The molecule has 2 aliphatic heterocycles. The van der Waals surface area contributed by atoms with Crippen LogP contribution in [0.5, 0.6) is 11.5 Å². The van der Waals surface area contributed by atoms with Gasteiger partial charge in [0, 0.05) is 42.9 Å². The number of benzene rings is 4. The maximum absolute atomic E-state index is 12.6. The largest absolute Gasteiger partial charge is 0.481 e. The molecule has 314 valence electrons. The van der Waals surface area contributed by atoms with E-state index in [1.807, 2.05) is 85.2 Å². The molecule has 0 saturated heterocycles. The Balaban J connectivity index is 0.000000160. The van der Waals surface area contributed by atoms with E-state index in [-0.39, 0.29) is 43.1 Å². The molecule has 10 rings (SSSR count). The molecule has 0 atom stereocenters. The molecular weight excluding hydrogens is 801 g/mol. The number of hydrogen-bond acceptors (Lipinski definition) is 10. The Hall–Kier alpha value is -8.40. The lowest BCUT2D eigenvalue weighted by molar-refractivity contribution is -0.129. The number of hydrogen-bond donors (Lipinski definition) is 3. The number of carbonyl (C=O) groups is 4. The molecule has 4 aromatic carbocycles. The molecule has 4 aromatic heterocycles. The fraction of sp³-hybridized carbons (Fsp3) is 0.149. The van der Waals surface area contributed by atoms with Crippen LogP contribution >= 0.6 is 0 Å². The highest BCUT2D eigenvalue weighted by molar-refractivity contribution is 6.01. The Kier molecular flexibility index (Phi) is 10.5. The molecule has 0 aliphatic carbocycles. The maximum Gasteiger partial charge on any atom is 0.268 e. The molecule has 2 aliphatic rings. The van der Waals surface area contributed by atoms with Crippen molar-refractivity contribution < 1.29 is 28.7 Å². The third kappa shape index (κ3) is 8.77. The number of fused-ring (bicyclic) bond motifs is 4. The molecule has 6 heterocycles. The van der Waals surface area contributed by atoms with Crippen molar-refractivity contribution in [2.45, 2.75) is 32.3 Å². The molecule has 8 aromatic rings. The highest BCUT2D eigenvalue weighted by atomic mass is 16.5. The second-order valence-corrected chi connectivity index (χ2v) is 15.5. The molecule has 0 saturated carbocycles. The highest BCUT2D eigenvalue weighted by Crippen LogP contribution is 2.36. The number of anilines is 4. The number of pyridine rings is 2.